The first-order valence-electron chi connectivity index (χ1n) is 26.2. The Morgan fingerprint density at radius 1 is 0.500 bits per heavy atom. The molecule has 8 rings (SSSR count). The first-order chi connectivity index (χ1) is 38.4. The number of phenolic OH excluding ortho intramolecular Hbond substituents is 1. The molecule has 0 bridgehead atoms. The Labute approximate surface area is 458 Å². The minimum atomic E-state index is -1.86. The molecule has 1 aliphatic heterocycles. The Morgan fingerprint density at radius 2 is 0.875 bits per heavy atom. The molecule has 23 nitrogen and oxygen atoms in total. The molecule has 0 radical (unpaired) electrons. The third-order valence-electron chi connectivity index (χ3n) is 14.0. The van der Waals surface area contributed by atoms with Crippen LogP contribution in [0, 0.1) is 5.92 Å². The molecule has 0 saturated carbocycles. The minimum absolute atomic E-state index is 0.00414. The molecule has 4 aromatic carbocycles. The highest BCUT2D eigenvalue weighted by Gasteiger charge is 2.37. The van der Waals surface area contributed by atoms with E-state index in [1.165, 1.54) is 24.3 Å². The van der Waals surface area contributed by atoms with Crippen LogP contribution in [0.1, 0.15) is 55.4 Å². The van der Waals surface area contributed by atoms with Gasteiger partial charge in [0, 0.05) is 83.5 Å². The largest absolute Gasteiger partial charge is 0.508 e. The van der Waals surface area contributed by atoms with Gasteiger partial charge in [-0.15, -0.1) is 0 Å². The number of nitrogens with two attached hydrogens (primary N) is 2. The Morgan fingerprint density at radius 3 is 1.31 bits per heavy atom. The Balaban J connectivity index is 1.23. The quantitative estimate of drug-likeness (QED) is 0.0397. The predicted molar refractivity (Wildman–Crippen MR) is 298 cm³/mol. The second-order valence-corrected chi connectivity index (χ2v) is 20.2. The molecule has 418 valence electrons. The third-order valence-corrected chi connectivity index (χ3v) is 14.0. The zero-order chi connectivity index (χ0) is 57.0. The van der Waals surface area contributed by atoms with Crippen LogP contribution in [-0.4, -0.2) is 127 Å². The summed E-state index contributed by atoms with van der Waals surface area (Å²) >= 11 is 0. The van der Waals surface area contributed by atoms with E-state index in [1.807, 2.05) is 60.7 Å². The van der Waals surface area contributed by atoms with Crippen molar-refractivity contribution in [1.29, 1.82) is 0 Å². The number of nitrogens with zero attached hydrogens (tertiary/aromatic N) is 1. The van der Waals surface area contributed by atoms with Gasteiger partial charge in [-0.3, -0.25) is 43.3 Å². The number of para-hydroxylation sites is 3. The van der Waals surface area contributed by atoms with Gasteiger partial charge < -0.3 is 73.8 Å². The molecule has 16 N–H and O–H groups in total. The van der Waals surface area contributed by atoms with Crippen LogP contribution in [0.15, 0.2) is 121 Å². The van der Waals surface area contributed by atoms with Crippen molar-refractivity contribution in [3.05, 3.63) is 138 Å². The molecule has 0 spiro atoms. The van der Waals surface area contributed by atoms with E-state index in [1.54, 1.807) is 44.6 Å². The summed E-state index contributed by atoms with van der Waals surface area (Å²) in [5.74, 6) is -8.75. The van der Waals surface area contributed by atoms with E-state index in [9.17, 15) is 43.8 Å². The lowest BCUT2D eigenvalue weighted by atomic mass is 9.98. The molecular formula is C57H65N13O10. The predicted octanol–water partition coefficient (Wildman–Crippen LogP) is 1.70. The van der Waals surface area contributed by atoms with Crippen LogP contribution >= 0.6 is 0 Å². The number of amides is 7. The van der Waals surface area contributed by atoms with E-state index in [0.29, 0.717) is 22.3 Å². The molecular weight excluding hydrogens is 1030 g/mol. The first kappa shape index (κ1) is 56.5. The number of hydrogen-bond donors (Lipinski definition) is 14. The van der Waals surface area contributed by atoms with Crippen LogP contribution in [0.3, 0.4) is 0 Å². The number of hydrogen-bond acceptors (Lipinski definition) is 10. The number of H-pyrrole nitrogens is 3. The van der Waals surface area contributed by atoms with Crippen LogP contribution in [0.4, 0.5) is 0 Å². The number of aromatic nitrogens is 3. The average molecular weight is 1090 g/mol. The van der Waals surface area contributed by atoms with Gasteiger partial charge in [-0.2, -0.15) is 0 Å². The highest BCUT2D eigenvalue weighted by Crippen LogP contribution is 2.23. The second-order valence-electron chi connectivity index (χ2n) is 20.2. The van der Waals surface area contributed by atoms with Gasteiger partial charge in [0.25, 0.3) is 0 Å². The molecule has 0 unspecified atom stereocenters. The summed E-state index contributed by atoms with van der Waals surface area (Å²) in [4.78, 5) is 130. The van der Waals surface area contributed by atoms with Crippen molar-refractivity contribution < 1.29 is 48.6 Å². The molecule has 7 atom stereocenters. The summed E-state index contributed by atoms with van der Waals surface area (Å²) in [6.07, 6.45) is 3.35. The Bertz CT molecular complexity index is 3430. The van der Waals surface area contributed by atoms with Gasteiger partial charge >= 0.3 is 5.97 Å². The molecule has 0 aliphatic carbocycles. The minimum Gasteiger partial charge on any atom is -0.508 e. The van der Waals surface area contributed by atoms with Crippen molar-refractivity contribution in [2.45, 2.75) is 101 Å². The van der Waals surface area contributed by atoms with Gasteiger partial charge in [0.2, 0.25) is 41.4 Å². The summed E-state index contributed by atoms with van der Waals surface area (Å²) in [6.45, 7) is 3.38. The monoisotopic (exact) mass is 1090 g/mol. The molecule has 4 heterocycles. The van der Waals surface area contributed by atoms with Crippen LogP contribution in [0.25, 0.3) is 32.7 Å². The SMILES string of the molecule is CC(C)[C@@H]1NC(=O)[C@@H](Cc2c[nH]c3ccccc23)NC(=O)[C@H](Cc2ccc(O)cc2)NC(=O)[C@H](CC(=O)O)NC(=O)[C@H](CCCN=C(N)N)NC(=O)[C@@H](Cc2c[nH]c3ccccc23)NC(=O)[C@@H](Cc2c[nH]c3ccccc23)NC1=O. The normalized spacial score (nSPS) is 21.1. The zero-order valence-electron chi connectivity index (χ0n) is 44.0. The van der Waals surface area contributed by atoms with Crippen molar-refractivity contribution >= 4 is 86.0 Å². The number of guanidine groups is 1. The summed E-state index contributed by atoms with van der Waals surface area (Å²) in [5.41, 5.74) is 15.7. The molecule has 80 heavy (non-hydrogen) atoms. The van der Waals surface area contributed by atoms with Crippen LogP contribution < -0.4 is 48.7 Å². The molecule has 23 heteroatoms. The summed E-state index contributed by atoms with van der Waals surface area (Å²) in [6, 6.07) is 17.1. The third kappa shape index (κ3) is 14.3. The fraction of sp³-hybridized carbons (Fsp3) is 0.316. The number of carbonyl (C=O) groups is 8. The van der Waals surface area contributed by atoms with Gasteiger partial charge in [-0.05, 0) is 71.3 Å². The first-order valence-corrected chi connectivity index (χ1v) is 26.2. The van der Waals surface area contributed by atoms with E-state index >= 15 is 4.79 Å². The standard InChI is InChI=1S/C57H65N13O10/c1-30(2)49-56(80)69-45(24-33-28-62-40-14-7-4-11-37(33)40)53(77)66-44(23-32-27-61-39-13-6-3-10-36(32)39)52(76)64-42(16-9-21-60-57(58)59)50(74)68-47(26-48(72)73)54(78)65-43(22-31-17-19-35(71)20-18-31)51(75)67-46(55(79)70-49)25-34-29-63-41-15-8-5-12-38(34)41/h3-8,10-15,17-20,27-30,42-47,49,61-63,71H,9,16,21-26H2,1-2H3,(H,64,76)(H,65,78)(H,66,77)(H,67,75)(H,68,74)(H,69,80)(H,70,79)(H,72,73)(H4,58,59,60)/t42-,43-,44+,45+,46+,47-,49-/m0/s1. The molecule has 3 aromatic heterocycles. The van der Waals surface area contributed by atoms with Crippen molar-refractivity contribution in [2.24, 2.45) is 22.4 Å². The Hall–Kier alpha value is -9.67. The molecule has 1 aliphatic rings. The molecule has 1 saturated heterocycles. The number of phenols is 1. The maximum Gasteiger partial charge on any atom is 0.305 e. The number of aliphatic imine (C=N–C) groups is 1. The van der Waals surface area contributed by atoms with Crippen molar-refractivity contribution in [3.63, 3.8) is 0 Å². The number of aliphatic carboxylic acids is 1. The smallest absolute Gasteiger partial charge is 0.305 e. The number of carboxylic acids is 1. The maximum absolute atomic E-state index is 15.1. The number of fused-ring (bicyclic) bond motifs is 3. The molecule has 7 aromatic rings. The lowest BCUT2D eigenvalue weighted by molar-refractivity contribution is -0.141. The number of carboxylic acid groups (broad SMARTS) is 1. The highest BCUT2D eigenvalue weighted by atomic mass is 16.4. The number of nitrogens with one attached hydrogen (secondary N) is 10. The van der Waals surface area contributed by atoms with E-state index in [4.69, 9.17) is 11.5 Å². The summed E-state index contributed by atoms with van der Waals surface area (Å²) in [7, 11) is 0. The number of aromatic hydroxyl groups is 1. The van der Waals surface area contributed by atoms with Crippen molar-refractivity contribution in [3.8, 4) is 5.75 Å². The second kappa shape index (κ2) is 25.7. The lowest BCUT2D eigenvalue weighted by Gasteiger charge is -2.29. The van der Waals surface area contributed by atoms with E-state index in [-0.39, 0.29) is 56.8 Å². The topological polar surface area (TPSA) is 373 Å². The maximum atomic E-state index is 15.1. The number of carbonyl (C=O) groups excluding carboxylic acids is 7. The van der Waals surface area contributed by atoms with Gasteiger partial charge in [0.1, 0.15) is 48.0 Å². The van der Waals surface area contributed by atoms with E-state index < -0.39 is 102 Å². The van der Waals surface area contributed by atoms with Gasteiger partial charge in [-0.1, -0.05) is 80.6 Å². The summed E-state index contributed by atoms with van der Waals surface area (Å²) < 4.78 is 0. The fourth-order valence-electron chi connectivity index (χ4n) is 9.83. The highest BCUT2D eigenvalue weighted by molar-refractivity contribution is 6.00. The van der Waals surface area contributed by atoms with Crippen LogP contribution in [0.5, 0.6) is 5.75 Å². The van der Waals surface area contributed by atoms with Gasteiger partial charge in [0.15, 0.2) is 5.96 Å². The lowest BCUT2D eigenvalue weighted by Crippen LogP contribution is -2.61. The number of rotatable bonds is 15. The summed E-state index contributed by atoms with van der Waals surface area (Å²) in [5, 5.41) is 41.6. The number of benzene rings is 4. The van der Waals surface area contributed by atoms with Gasteiger partial charge in [0.05, 0.1) is 6.42 Å². The van der Waals surface area contributed by atoms with Gasteiger partial charge in [-0.25, -0.2) is 0 Å². The van der Waals surface area contributed by atoms with E-state index in [2.05, 4.69) is 57.2 Å². The molecule has 7 amide bonds. The fourth-order valence-corrected chi connectivity index (χ4v) is 9.83. The zero-order valence-corrected chi connectivity index (χ0v) is 44.0. The van der Waals surface area contributed by atoms with E-state index in [0.717, 1.165) is 32.7 Å². The Kier molecular flexibility index (Phi) is 18.1. The molecule has 1 fully saturated rings. The van der Waals surface area contributed by atoms with Crippen molar-refractivity contribution in [1.82, 2.24) is 52.2 Å². The average Bonchev–Trinajstić information content (AvgIpc) is 4.19. The van der Waals surface area contributed by atoms with Crippen LogP contribution in [-0.2, 0) is 64.0 Å². The van der Waals surface area contributed by atoms with Crippen LogP contribution in [0.2, 0.25) is 0 Å². The number of aromatic amines is 3. The van der Waals surface area contributed by atoms with Crippen molar-refractivity contribution in [2.75, 3.05) is 6.54 Å².